The van der Waals surface area contributed by atoms with E-state index in [-0.39, 0.29) is 80.8 Å². The molecule has 21 heavy (non-hydrogen) atoms. The smallest absolute Gasteiger partial charge is 0.543 e. The fourth-order valence-corrected chi connectivity index (χ4v) is 0. The first-order valence-electron chi connectivity index (χ1n) is 3.20. The number of carbonyl (C=O) groups is 6. The third-order valence-electron chi connectivity index (χ3n) is 0.500. The van der Waals surface area contributed by atoms with Gasteiger partial charge in [-0.25, -0.2) is 0 Å². The summed E-state index contributed by atoms with van der Waals surface area (Å²) in [7, 11) is 0. The average molecular weight is 358 g/mol. The first kappa shape index (κ1) is 37.1. The Labute approximate surface area is 174 Å². The van der Waals surface area contributed by atoms with Crippen LogP contribution < -0.4 is 89.8 Å². The summed E-state index contributed by atoms with van der Waals surface area (Å²) < 4.78 is 0. The summed E-state index contributed by atoms with van der Waals surface area (Å²) in [6.45, 7) is 0. The third kappa shape index (κ3) is 45.1. The second-order valence-corrected chi connectivity index (χ2v) is 1.72. The van der Waals surface area contributed by atoms with Gasteiger partial charge in [-0.2, -0.15) is 0 Å². The van der Waals surface area contributed by atoms with Crippen LogP contribution in [0.15, 0.2) is 0 Å². The molecule has 0 saturated heterocycles. The zero-order chi connectivity index (χ0) is 15.5. The van der Waals surface area contributed by atoms with E-state index in [1.54, 1.807) is 0 Å². The Bertz CT molecular complexity index is 287. The summed E-state index contributed by atoms with van der Waals surface area (Å²) in [4.78, 5) is 53.6. The van der Waals surface area contributed by atoms with Crippen LogP contribution in [0.3, 0.4) is 0 Å². The van der Waals surface area contributed by atoms with E-state index < -0.39 is 35.8 Å². The number of rotatable bonds is 0. The maximum atomic E-state index is 8.93. The molecule has 0 aliphatic carbocycles. The molecule has 15 heteroatoms. The predicted molar refractivity (Wildman–Crippen MR) is 30.0 cm³/mol. The van der Waals surface area contributed by atoms with E-state index in [1.165, 1.54) is 0 Å². The van der Waals surface area contributed by atoms with Gasteiger partial charge in [0.25, 0.3) is 0 Å². The molecule has 0 heterocycles. The van der Waals surface area contributed by atoms with Gasteiger partial charge in [0.05, 0.1) is 35.8 Å². The fourth-order valence-electron chi connectivity index (χ4n) is 0. The third-order valence-corrected chi connectivity index (χ3v) is 0.500. The molecule has 0 spiro atoms. The standard InChI is InChI=1S/3C2H2O4.2Na.Ti/c3*3-1(4)2(5)6;;;/h3*(H,3,4)(H,5,6);;;/q;;;2*+1;+4/p-6. The van der Waals surface area contributed by atoms with Gasteiger partial charge in [0, 0.05) is 0 Å². The Kier molecular flexibility index (Phi) is 38.6. The first-order valence-corrected chi connectivity index (χ1v) is 3.20. The summed E-state index contributed by atoms with van der Waals surface area (Å²) in [5.74, 6) is -13.1. The molecule has 0 unspecified atom stereocenters. The van der Waals surface area contributed by atoms with E-state index in [1.807, 2.05) is 0 Å². The van der Waals surface area contributed by atoms with Crippen molar-refractivity contribution in [3.63, 3.8) is 0 Å². The van der Waals surface area contributed by atoms with Crippen molar-refractivity contribution in [1.82, 2.24) is 0 Å². The van der Waals surface area contributed by atoms with Crippen molar-refractivity contribution in [1.29, 1.82) is 0 Å². The SMILES string of the molecule is O=C([O-])C(=O)[O-].O=C([O-])C(=O)[O-].O=C([O-])C(=O)[O-].[Na+].[Na+].[Ti+4]. The van der Waals surface area contributed by atoms with Crippen LogP contribution in [-0.2, 0) is 50.5 Å². The van der Waals surface area contributed by atoms with Crippen LogP contribution in [0.2, 0.25) is 0 Å². The van der Waals surface area contributed by atoms with E-state index in [9.17, 15) is 0 Å². The van der Waals surface area contributed by atoms with Crippen LogP contribution in [0.25, 0.3) is 0 Å². The number of hydrogen-bond acceptors (Lipinski definition) is 12. The second kappa shape index (κ2) is 21.8. The van der Waals surface area contributed by atoms with Gasteiger partial charge in [0.2, 0.25) is 0 Å². The number of aliphatic carboxylic acids is 6. The van der Waals surface area contributed by atoms with Crippen molar-refractivity contribution in [2.75, 3.05) is 0 Å². The number of carboxylic acid groups (broad SMARTS) is 6. The zero-order valence-electron chi connectivity index (χ0n) is 10.4. The van der Waals surface area contributed by atoms with Crippen molar-refractivity contribution >= 4 is 35.8 Å². The Morgan fingerprint density at radius 2 is 0.429 bits per heavy atom. The maximum absolute atomic E-state index is 8.93. The summed E-state index contributed by atoms with van der Waals surface area (Å²) in [6, 6.07) is 0. The normalized spacial score (nSPS) is 6.29. The average Bonchev–Trinajstić information content (AvgIpc) is 2.18. The maximum Gasteiger partial charge on any atom is 4.00 e. The van der Waals surface area contributed by atoms with Crippen LogP contribution in [0, 0.1) is 0 Å². The van der Waals surface area contributed by atoms with Gasteiger partial charge >= 0.3 is 80.8 Å². The van der Waals surface area contributed by atoms with Gasteiger partial charge in [-0.05, 0) is 0 Å². The van der Waals surface area contributed by atoms with Crippen molar-refractivity contribution in [3.8, 4) is 0 Å². The molecule has 0 aliphatic heterocycles. The molecule has 12 nitrogen and oxygen atoms in total. The van der Waals surface area contributed by atoms with Crippen LogP contribution in [0.5, 0.6) is 0 Å². The Morgan fingerprint density at radius 1 is 0.381 bits per heavy atom. The summed E-state index contributed by atoms with van der Waals surface area (Å²) in [6.07, 6.45) is 0. The van der Waals surface area contributed by atoms with Crippen molar-refractivity contribution in [2.45, 2.75) is 0 Å². The molecule has 0 atom stereocenters. The second-order valence-electron chi connectivity index (χ2n) is 1.72. The largest absolute Gasteiger partial charge is 4.00 e. The Balaban J connectivity index is -0.0000000375. The Hall–Kier alpha value is -0.466. The minimum absolute atomic E-state index is 0. The minimum Gasteiger partial charge on any atom is -0.543 e. The molecule has 0 N–H and O–H groups in total. The Morgan fingerprint density at radius 3 is 0.429 bits per heavy atom. The molecule has 0 aliphatic rings. The molecule has 0 radical (unpaired) electrons. The quantitative estimate of drug-likeness (QED) is 0.289. The van der Waals surface area contributed by atoms with Gasteiger partial charge < -0.3 is 59.4 Å². The van der Waals surface area contributed by atoms with Crippen LogP contribution in [0.1, 0.15) is 0 Å². The fraction of sp³-hybridized carbons (Fsp3) is 0. The van der Waals surface area contributed by atoms with E-state index in [4.69, 9.17) is 59.4 Å². The van der Waals surface area contributed by atoms with Gasteiger partial charge in [0.1, 0.15) is 0 Å². The summed E-state index contributed by atoms with van der Waals surface area (Å²) >= 11 is 0. The van der Waals surface area contributed by atoms with Crippen molar-refractivity contribution < 1.29 is 140 Å². The molecule has 102 valence electrons. The molecule has 0 aromatic carbocycles. The van der Waals surface area contributed by atoms with Gasteiger partial charge in [0.15, 0.2) is 0 Å². The topological polar surface area (TPSA) is 241 Å². The van der Waals surface area contributed by atoms with Crippen LogP contribution in [-0.4, -0.2) is 35.8 Å². The van der Waals surface area contributed by atoms with E-state index in [0.29, 0.717) is 0 Å². The molecule has 0 amide bonds. The van der Waals surface area contributed by atoms with E-state index >= 15 is 0 Å². The number of hydrogen-bond donors (Lipinski definition) is 0. The van der Waals surface area contributed by atoms with Crippen LogP contribution >= 0.6 is 0 Å². The molecular formula is C6Na2O12Ti. The zero-order valence-corrected chi connectivity index (χ0v) is 16.0. The molecule has 0 rings (SSSR count). The van der Waals surface area contributed by atoms with Gasteiger partial charge in [-0.1, -0.05) is 0 Å². The number of carbonyl (C=O) groups excluding carboxylic acids is 6. The predicted octanol–water partition coefficient (Wildman–Crippen LogP) is -16.5. The van der Waals surface area contributed by atoms with Crippen molar-refractivity contribution in [3.05, 3.63) is 0 Å². The summed E-state index contributed by atoms with van der Waals surface area (Å²) in [5.41, 5.74) is 0. The van der Waals surface area contributed by atoms with Gasteiger partial charge in [-0.3, -0.25) is 0 Å². The first-order chi connectivity index (χ1) is 7.93. The molecular weight excluding hydrogens is 358 g/mol. The van der Waals surface area contributed by atoms with Crippen LogP contribution in [0.4, 0.5) is 0 Å². The molecule has 0 bridgehead atoms. The van der Waals surface area contributed by atoms with E-state index in [0.717, 1.165) is 0 Å². The summed E-state index contributed by atoms with van der Waals surface area (Å²) in [5, 5.41) is 53.6. The number of carboxylic acids is 6. The van der Waals surface area contributed by atoms with Crippen molar-refractivity contribution in [2.24, 2.45) is 0 Å². The monoisotopic (exact) mass is 358 g/mol. The van der Waals surface area contributed by atoms with E-state index in [2.05, 4.69) is 0 Å². The van der Waals surface area contributed by atoms with Gasteiger partial charge in [-0.15, -0.1) is 0 Å². The minimum atomic E-state index is -2.19. The molecule has 0 fully saturated rings. The molecule has 0 aromatic rings. The molecule has 0 saturated carbocycles. The molecule has 0 aromatic heterocycles.